The number of aromatic nitrogens is 1. The van der Waals surface area contributed by atoms with E-state index in [1.807, 2.05) is 18.3 Å². The smallest absolute Gasteiger partial charge is 0.128 e. The number of thiophene rings is 1. The zero-order chi connectivity index (χ0) is 12.8. The van der Waals surface area contributed by atoms with Crippen molar-refractivity contribution in [2.45, 2.75) is 6.54 Å². The first-order valence-corrected chi connectivity index (χ1v) is 7.02. The Balaban J connectivity index is 0.00000180. The van der Waals surface area contributed by atoms with E-state index < -0.39 is 0 Å². The minimum Gasteiger partial charge on any atom is -0.351 e. The summed E-state index contributed by atoms with van der Waals surface area (Å²) in [6, 6.07) is 8.25. The molecule has 0 aliphatic rings. The standard InChI is InChI=1S/C14H19N3S.ClH/c1-16(2)8-9-17(11-13-6-10-18-12-13)14-5-3-4-7-15-14;/h3-7,10,12H,8-9,11H2,1-2H3;1H. The van der Waals surface area contributed by atoms with Crippen LogP contribution < -0.4 is 4.90 Å². The predicted molar refractivity (Wildman–Crippen MR) is 85.4 cm³/mol. The number of hydrogen-bond donors (Lipinski definition) is 0. The molecular weight excluding hydrogens is 278 g/mol. The molecule has 0 bridgehead atoms. The van der Waals surface area contributed by atoms with E-state index in [0.29, 0.717) is 0 Å². The molecule has 0 unspecified atom stereocenters. The molecule has 0 saturated carbocycles. The van der Waals surface area contributed by atoms with Crippen molar-refractivity contribution in [1.29, 1.82) is 0 Å². The van der Waals surface area contributed by atoms with Crippen molar-refractivity contribution < 1.29 is 0 Å². The van der Waals surface area contributed by atoms with E-state index in [9.17, 15) is 0 Å². The van der Waals surface area contributed by atoms with Crippen LogP contribution in [0, 0.1) is 0 Å². The summed E-state index contributed by atoms with van der Waals surface area (Å²) in [4.78, 5) is 8.97. The Kier molecular flexibility index (Phi) is 6.84. The summed E-state index contributed by atoms with van der Waals surface area (Å²) >= 11 is 1.74. The lowest BCUT2D eigenvalue weighted by atomic mass is 10.3. The third-order valence-electron chi connectivity index (χ3n) is 2.74. The normalized spacial score (nSPS) is 10.3. The topological polar surface area (TPSA) is 19.4 Å². The highest BCUT2D eigenvalue weighted by Gasteiger charge is 2.08. The van der Waals surface area contributed by atoms with Crippen molar-refractivity contribution in [3.05, 3.63) is 46.8 Å². The molecular formula is C14H20ClN3S. The minimum atomic E-state index is 0. The van der Waals surface area contributed by atoms with E-state index in [1.165, 1.54) is 5.56 Å². The van der Waals surface area contributed by atoms with Gasteiger partial charge >= 0.3 is 0 Å². The van der Waals surface area contributed by atoms with Crippen LogP contribution in [0.1, 0.15) is 5.56 Å². The summed E-state index contributed by atoms with van der Waals surface area (Å²) in [5.41, 5.74) is 1.35. The van der Waals surface area contributed by atoms with Crippen LogP contribution in [0.15, 0.2) is 41.2 Å². The minimum absolute atomic E-state index is 0. The van der Waals surface area contributed by atoms with Gasteiger partial charge in [-0.25, -0.2) is 4.98 Å². The van der Waals surface area contributed by atoms with Crippen molar-refractivity contribution in [2.24, 2.45) is 0 Å². The van der Waals surface area contributed by atoms with Gasteiger partial charge in [-0.2, -0.15) is 11.3 Å². The van der Waals surface area contributed by atoms with Crippen LogP contribution in [0.5, 0.6) is 0 Å². The third kappa shape index (κ3) is 5.19. The molecule has 2 aromatic rings. The van der Waals surface area contributed by atoms with Crippen molar-refractivity contribution in [3.8, 4) is 0 Å². The van der Waals surface area contributed by atoms with E-state index >= 15 is 0 Å². The first-order valence-electron chi connectivity index (χ1n) is 6.07. The molecule has 2 rings (SSSR count). The average molecular weight is 298 g/mol. The SMILES string of the molecule is CN(C)CCN(Cc1ccsc1)c1ccccn1.Cl. The van der Waals surface area contributed by atoms with E-state index in [4.69, 9.17) is 0 Å². The summed E-state index contributed by atoms with van der Waals surface area (Å²) in [6.07, 6.45) is 1.85. The van der Waals surface area contributed by atoms with Crippen LogP contribution in [0.3, 0.4) is 0 Å². The number of rotatable bonds is 6. The van der Waals surface area contributed by atoms with Crippen LogP contribution in [0.2, 0.25) is 0 Å². The molecule has 0 N–H and O–H groups in total. The number of likely N-dealkylation sites (N-methyl/N-ethyl adjacent to an activating group) is 1. The zero-order valence-corrected chi connectivity index (χ0v) is 13.0. The van der Waals surface area contributed by atoms with Gasteiger partial charge in [-0.3, -0.25) is 0 Å². The molecule has 0 aliphatic carbocycles. The lowest BCUT2D eigenvalue weighted by molar-refractivity contribution is 0.412. The number of halogens is 1. The van der Waals surface area contributed by atoms with Crippen molar-refractivity contribution in [1.82, 2.24) is 9.88 Å². The van der Waals surface area contributed by atoms with Crippen molar-refractivity contribution in [3.63, 3.8) is 0 Å². The fourth-order valence-corrected chi connectivity index (χ4v) is 2.40. The quantitative estimate of drug-likeness (QED) is 0.816. The number of pyridine rings is 1. The Hall–Kier alpha value is -1.10. The fourth-order valence-electron chi connectivity index (χ4n) is 1.74. The van der Waals surface area contributed by atoms with Gasteiger partial charge in [0, 0.05) is 25.8 Å². The number of nitrogens with zero attached hydrogens (tertiary/aromatic N) is 3. The Bertz CT molecular complexity index is 445. The zero-order valence-electron chi connectivity index (χ0n) is 11.3. The molecule has 3 nitrogen and oxygen atoms in total. The highest BCUT2D eigenvalue weighted by atomic mass is 35.5. The van der Waals surface area contributed by atoms with Gasteiger partial charge in [-0.15, -0.1) is 12.4 Å². The van der Waals surface area contributed by atoms with Gasteiger partial charge in [0.05, 0.1) is 0 Å². The maximum Gasteiger partial charge on any atom is 0.128 e. The molecule has 0 fully saturated rings. The van der Waals surface area contributed by atoms with Gasteiger partial charge in [0.25, 0.3) is 0 Å². The van der Waals surface area contributed by atoms with E-state index in [-0.39, 0.29) is 12.4 Å². The fraction of sp³-hybridized carbons (Fsp3) is 0.357. The lowest BCUT2D eigenvalue weighted by Gasteiger charge is -2.25. The molecule has 19 heavy (non-hydrogen) atoms. The van der Waals surface area contributed by atoms with Gasteiger partial charge in [0.15, 0.2) is 0 Å². The monoisotopic (exact) mass is 297 g/mol. The maximum absolute atomic E-state index is 4.45. The first kappa shape index (κ1) is 16.0. The van der Waals surface area contributed by atoms with Gasteiger partial charge in [-0.05, 0) is 48.6 Å². The Labute approximate surface area is 125 Å². The summed E-state index contributed by atoms with van der Waals surface area (Å²) in [6.45, 7) is 2.94. The summed E-state index contributed by atoms with van der Waals surface area (Å²) in [5.74, 6) is 1.05. The van der Waals surface area contributed by atoms with Gasteiger partial charge < -0.3 is 9.80 Å². The molecule has 2 heterocycles. The largest absolute Gasteiger partial charge is 0.351 e. The molecule has 5 heteroatoms. The first-order chi connectivity index (χ1) is 8.75. The van der Waals surface area contributed by atoms with E-state index in [2.05, 4.69) is 51.8 Å². The van der Waals surface area contributed by atoms with Gasteiger partial charge in [0.1, 0.15) is 5.82 Å². The van der Waals surface area contributed by atoms with Crippen LogP contribution in [0.25, 0.3) is 0 Å². The summed E-state index contributed by atoms with van der Waals surface area (Å²) in [5, 5.41) is 4.32. The number of anilines is 1. The Morgan fingerprint density at radius 2 is 2.00 bits per heavy atom. The van der Waals surface area contributed by atoms with Crippen molar-refractivity contribution >= 4 is 29.6 Å². The molecule has 0 aromatic carbocycles. The highest BCUT2D eigenvalue weighted by Crippen LogP contribution is 2.15. The molecule has 0 aliphatic heterocycles. The van der Waals surface area contributed by atoms with Crippen LogP contribution in [0.4, 0.5) is 5.82 Å². The number of hydrogen-bond acceptors (Lipinski definition) is 4. The summed E-state index contributed by atoms with van der Waals surface area (Å²) < 4.78 is 0. The second-order valence-electron chi connectivity index (χ2n) is 4.54. The molecule has 0 amide bonds. The maximum atomic E-state index is 4.45. The second-order valence-corrected chi connectivity index (χ2v) is 5.32. The molecule has 104 valence electrons. The summed E-state index contributed by atoms with van der Waals surface area (Å²) in [7, 11) is 4.20. The average Bonchev–Trinajstić information content (AvgIpc) is 2.88. The lowest BCUT2D eigenvalue weighted by Crippen LogP contribution is -2.31. The van der Waals surface area contributed by atoms with Gasteiger partial charge in [0.2, 0.25) is 0 Å². The molecule has 0 saturated heterocycles. The predicted octanol–water partition coefficient (Wildman–Crippen LogP) is 3.13. The van der Waals surface area contributed by atoms with Gasteiger partial charge in [-0.1, -0.05) is 6.07 Å². The molecule has 2 aromatic heterocycles. The van der Waals surface area contributed by atoms with E-state index in [0.717, 1.165) is 25.5 Å². The molecule has 0 radical (unpaired) electrons. The highest BCUT2D eigenvalue weighted by molar-refractivity contribution is 7.07. The Morgan fingerprint density at radius 1 is 1.16 bits per heavy atom. The van der Waals surface area contributed by atoms with Crippen LogP contribution in [-0.4, -0.2) is 37.1 Å². The Morgan fingerprint density at radius 3 is 2.58 bits per heavy atom. The molecule has 0 spiro atoms. The third-order valence-corrected chi connectivity index (χ3v) is 3.48. The molecule has 0 atom stereocenters. The second kappa shape index (κ2) is 8.15. The van der Waals surface area contributed by atoms with Crippen molar-refractivity contribution in [2.75, 3.05) is 32.1 Å². The van der Waals surface area contributed by atoms with Crippen LogP contribution in [-0.2, 0) is 6.54 Å². The van der Waals surface area contributed by atoms with E-state index in [1.54, 1.807) is 11.3 Å². The van der Waals surface area contributed by atoms with Crippen LogP contribution >= 0.6 is 23.7 Å².